The minimum absolute atomic E-state index is 0.176. The van der Waals surface area contributed by atoms with E-state index in [-0.39, 0.29) is 11.6 Å². The number of morpholine rings is 1. The Morgan fingerprint density at radius 1 is 1.11 bits per heavy atom. The molecule has 4 aromatic rings. The van der Waals surface area contributed by atoms with Gasteiger partial charge in [0.15, 0.2) is 5.82 Å². The van der Waals surface area contributed by atoms with Gasteiger partial charge in [0.05, 0.1) is 31.5 Å². The van der Waals surface area contributed by atoms with E-state index in [9.17, 15) is 4.79 Å². The summed E-state index contributed by atoms with van der Waals surface area (Å²) in [6, 6.07) is 11.0. The Kier molecular flexibility index (Phi) is 6.42. The Labute approximate surface area is 220 Å². The van der Waals surface area contributed by atoms with Crippen molar-refractivity contribution in [3.8, 4) is 11.4 Å². The van der Waals surface area contributed by atoms with E-state index in [1.54, 1.807) is 24.7 Å². The largest absolute Gasteiger partial charge is 0.377 e. The van der Waals surface area contributed by atoms with Crippen LogP contribution in [0, 0.1) is 6.92 Å². The van der Waals surface area contributed by atoms with Crippen LogP contribution in [0.15, 0.2) is 53.7 Å². The molecule has 1 saturated heterocycles. The molecule has 0 bridgehead atoms. The molecule has 194 valence electrons. The maximum atomic E-state index is 11.6. The predicted octanol–water partition coefficient (Wildman–Crippen LogP) is 2.86. The first kappa shape index (κ1) is 24.0. The van der Waals surface area contributed by atoms with E-state index in [2.05, 4.69) is 42.0 Å². The van der Waals surface area contributed by atoms with Gasteiger partial charge in [0.1, 0.15) is 29.6 Å². The van der Waals surface area contributed by atoms with Gasteiger partial charge < -0.3 is 24.8 Å². The fraction of sp³-hybridized carbons (Fsp3) is 0.333. The lowest BCUT2D eigenvalue weighted by atomic mass is 10.0. The molecule has 2 aliphatic heterocycles. The summed E-state index contributed by atoms with van der Waals surface area (Å²) in [5.41, 5.74) is 3.76. The van der Waals surface area contributed by atoms with Crippen molar-refractivity contribution < 1.29 is 4.74 Å². The Hall–Kier alpha value is -4.38. The summed E-state index contributed by atoms with van der Waals surface area (Å²) in [5.74, 6) is 3.70. The van der Waals surface area contributed by atoms with Crippen molar-refractivity contribution in [1.29, 1.82) is 0 Å². The van der Waals surface area contributed by atoms with Crippen molar-refractivity contribution in [2.24, 2.45) is 0 Å². The molecule has 2 aliphatic rings. The highest BCUT2D eigenvalue weighted by molar-refractivity contribution is 5.64. The summed E-state index contributed by atoms with van der Waals surface area (Å²) < 4.78 is 5.70. The molecule has 1 atom stereocenters. The van der Waals surface area contributed by atoms with Gasteiger partial charge in [-0.3, -0.25) is 4.79 Å². The number of ether oxygens (including phenoxy) is 1. The van der Waals surface area contributed by atoms with Crippen LogP contribution in [0.1, 0.15) is 23.9 Å². The molecule has 0 aliphatic carbocycles. The summed E-state index contributed by atoms with van der Waals surface area (Å²) in [5, 5.41) is 3.12. The maximum absolute atomic E-state index is 11.6. The molecule has 1 fully saturated rings. The molecule has 2 N–H and O–H groups in total. The van der Waals surface area contributed by atoms with Gasteiger partial charge in [0.25, 0.3) is 0 Å². The fourth-order valence-corrected chi connectivity index (χ4v) is 4.89. The standard InChI is InChI=1S/C27H29N9O2/c1-17-12-24(30-16-29-17)35-9-8-20-21(14-35)31-26(34-27(20)36-10-11-38-15-18(36)2)19-6-7-22(28-13-19)32-23-4-3-5-25(37)33-23/h3-7,12-13,16,18H,8-11,14-15H2,1-2H3,(H2,28,32,33,37)/t18-/m0/s1. The van der Waals surface area contributed by atoms with Gasteiger partial charge in [0.2, 0.25) is 5.56 Å². The minimum atomic E-state index is -0.176. The molecule has 0 aromatic carbocycles. The van der Waals surface area contributed by atoms with Crippen LogP contribution in [-0.2, 0) is 17.7 Å². The van der Waals surface area contributed by atoms with E-state index in [0.29, 0.717) is 37.2 Å². The lowest BCUT2D eigenvalue weighted by Crippen LogP contribution is -2.45. The number of hydrogen-bond donors (Lipinski definition) is 2. The molecule has 0 spiro atoms. The second-order valence-corrected chi connectivity index (χ2v) is 9.59. The van der Waals surface area contributed by atoms with Gasteiger partial charge in [-0.2, -0.15) is 0 Å². The number of aromatic amines is 1. The zero-order chi connectivity index (χ0) is 26.1. The second kappa shape index (κ2) is 10.2. The van der Waals surface area contributed by atoms with Crippen LogP contribution in [0.3, 0.4) is 0 Å². The Bertz CT molecular complexity index is 1510. The summed E-state index contributed by atoms with van der Waals surface area (Å²) in [6.07, 6.45) is 4.19. The van der Waals surface area contributed by atoms with Crippen LogP contribution in [-0.4, -0.2) is 62.2 Å². The Morgan fingerprint density at radius 3 is 2.82 bits per heavy atom. The fourth-order valence-electron chi connectivity index (χ4n) is 4.89. The predicted molar refractivity (Wildman–Crippen MR) is 145 cm³/mol. The number of aryl methyl sites for hydroxylation is 1. The van der Waals surface area contributed by atoms with Crippen LogP contribution in [0.25, 0.3) is 11.4 Å². The number of anilines is 4. The number of pyridine rings is 2. The third-order valence-corrected chi connectivity index (χ3v) is 6.85. The molecule has 0 radical (unpaired) electrons. The molecule has 4 aromatic heterocycles. The average Bonchev–Trinajstić information content (AvgIpc) is 2.93. The van der Waals surface area contributed by atoms with Gasteiger partial charge in [-0.1, -0.05) is 6.07 Å². The average molecular weight is 512 g/mol. The van der Waals surface area contributed by atoms with Gasteiger partial charge >= 0.3 is 0 Å². The summed E-state index contributed by atoms with van der Waals surface area (Å²) in [6.45, 7) is 7.75. The lowest BCUT2D eigenvalue weighted by Gasteiger charge is -2.38. The van der Waals surface area contributed by atoms with Crippen molar-refractivity contribution in [3.05, 3.63) is 76.2 Å². The number of nitrogens with one attached hydrogen (secondary N) is 2. The molecular weight excluding hydrogens is 482 g/mol. The van der Waals surface area contributed by atoms with Crippen molar-refractivity contribution in [2.75, 3.05) is 41.4 Å². The quantitative estimate of drug-likeness (QED) is 0.413. The second-order valence-electron chi connectivity index (χ2n) is 9.59. The van der Waals surface area contributed by atoms with Crippen LogP contribution < -0.4 is 20.7 Å². The third-order valence-electron chi connectivity index (χ3n) is 6.85. The number of fused-ring (bicyclic) bond motifs is 1. The monoisotopic (exact) mass is 511 g/mol. The molecule has 11 nitrogen and oxygen atoms in total. The van der Waals surface area contributed by atoms with Crippen molar-refractivity contribution >= 4 is 23.3 Å². The number of aromatic nitrogens is 6. The Balaban J connectivity index is 1.35. The topological polar surface area (TPSA) is 125 Å². The smallest absolute Gasteiger partial charge is 0.249 e. The number of H-pyrrole nitrogens is 1. The highest BCUT2D eigenvalue weighted by Gasteiger charge is 2.29. The van der Waals surface area contributed by atoms with Crippen LogP contribution in [0.4, 0.5) is 23.3 Å². The highest BCUT2D eigenvalue weighted by Crippen LogP contribution is 2.32. The van der Waals surface area contributed by atoms with Crippen molar-refractivity contribution in [1.82, 2.24) is 29.9 Å². The van der Waals surface area contributed by atoms with Crippen molar-refractivity contribution in [2.45, 2.75) is 32.9 Å². The van der Waals surface area contributed by atoms with E-state index in [1.807, 2.05) is 25.1 Å². The van der Waals surface area contributed by atoms with Crippen molar-refractivity contribution in [3.63, 3.8) is 0 Å². The normalized spacial score (nSPS) is 17.3. The highest BCUT2D eigenvalue weighted by atomic mass is 16.5. The molecule has 6 rings (SSSR count). The van der Waals surface area contributed by atoms with Gasteiger partial charge in [-0.05, 0) is 38.5 Å². The SMILES string of the molecule is Cc1cc(N2CCc3c(nc(-c4ccc(Nc5cccc(=O)[nH]5)nc4)nc3N3CCOC[C@@H]3C)C2)ncn1. The molecule has 0 unspecified atom stereocenters. The zero-order valence-corrected chi connectivity index (χ0v) is 21.4. The third kappa shape index (κ3) is 4.92. The van der Waals surface area contributed by atoms with Crippen LogP contribution in [0.2, 0.25) is 0 Å². The lowest BCUT2D eigenvalue weighted by molar-refractivity contribution is 0.0984. The first-order chi connectivity index (χ1) is 18.5. The Morgan fingerprint density at radius 2 is 2.03 bits per heavy atom. The first-order valence-corrected chi connectivity index (χ1v) is 12.7. The summed E-state index contributed by atoms with van der Waals surface area (Å²) in [7, 11) is 0. The first-order valence-electron chi connectivity index (χ1n) is 12.7. The molecular formula is C27H29N9O2. The summed E-state index contributed by atoms with van der Waals surface area (Å²) >= 11 is 0. The maximum Gasteiger partial charge on any atom is 0.249 e. The van der Waals surface area contributed by atoms with E-state index in [0.717, 1.165) is 48.1 Å². The minimum Gasteiger partial charge on any atom is -0.377 e. The molecule has 0 saturated carbocycles. The van der Waals surface area contributed by atoms with Gasteiger partial charge in [-0.15, -0.1) is 0 Å². The molecule has 38 heavy (non-hydrogen) atoms. The van der Waals surface area contributed by atoms with E-state index in [4.69, 9.17) is 14.7 Å². The van der Waals surface area contributed by atoms with Gasteiger partial charge in [0, 0.05) is 48.2 Å². The molecule has 0 amide bonds. The molecule has 6 heterocycles. The molecule has 11 heteroatoms. The van der Waals surface area contributed by atoms with E-state index >= 15 is 0 Å². The van der Waals surface area contributed by atoms with Crippen LogP contribution >= 0.6 is 0 Å². The van der Waals surface area contributed by atoms with Crippen LogP contribution in [0.5, 0.6) is 0 Å². The van der Waals surface area contributed by atoms with E-state index in [1.165, 1.54) is 11.6 Å². The summed E-state index contributed by atoms with van der Waals surface area (Å²) in [4.78, 5) is 42.3. The van der Waals surface area contributed by atoms with Gasteiger partial charge in [-0.25, -0.2) is 24.9 Å². The van der Waals surface area contributed by atoms with E-state index < -0.39 is 0 Å². The number of rotatable bonds is 5. The number of hydrogen-bond acceptors (Lipinski definition) is 10. The number of nitrogens with zero attached hydrogens (tertiary/aromatic N) is 7. The zero-order valence-electron chi connectivity index (χ0n) is 21.4.